The number of aromatic nitrogens is 1. The predicted molar refractivity (Wildman–Crippen MR) is 62.1 cm³/mol. The lowest BCUT2D eigenvalue weighted by molar-refractivity contribution is -2.00. The van der Waals surface area contributed by atoms with E-state index in [1.54, 1.807) is 0 Å². The molecule has 2 aromatic rings. The zero-order valence-corrected chi connectivity index (χ0v) is 12.0. The number of carbonyl (C=O) groups is 1. The number of hydrogen-bond donors (Lipinski definition) is 0. The van der Waals surface area contributed by atoms with E-state index in [0.29, 0.717) is 6.54 Å². The highest BCUT2D eigenvalue weighted by Crippen LogP contribution is 2.00. The summed E-state index contributed by atoms with van der Waals surface area (Å²) in [5.74, 6) is 0.134. The van der Waals surface area contributed by atoms with Crippen LogP contribution in [0.1, 0.15) is 15.9 Å². The van der Waals surface area contributed by atoms with Crippen LogP contribution in [0.25, 0.3) is 0 Å². The van der Waals surface area contributed by atoms with Gasteiger partial charge in [-0.25, -0.2) is 18.6 Å². The Balaban J connectivity index is 0.000000383. The van der Waals surface area contributed by atoms with Gasteiger partial charge in [0.05, 0.1) is 0 Å². The quantitative estimate of drug-likeness (QED) is 0.456. The average Bonchev–Trinajstić information content (AvgIpc) is 2.40. The monoisotopic (exact) mass is 311 g/mol. The first kappa shape index (κ1) is 17.2. The van der Waals surface area contributed by atoms with E-state index >= 15 is 0 Å². The van der Waals surface area contributed by atoms with E-state index in [4.69, 9.17) is 18.6 Å². The van der Waals surface area contributed by atoms with Gasteiger partial charge in [0.1, 0.15) is 0 Å². The number of nitrogens with zero attached hydrogens (tertiary/aromatic N) is 1. The average molecular weight is 312 g/mol. The Morgan fingerprint density at radius 2 is 1.48 bits per heavy atom. The van der Waals surface area contributed by atoms with Gasteiger partial charge in [-0.05, 0) is 12.5 Å². The van der Waals surface area contributed by atoms with Crippen molar-refractivity contribution in [2.24, 2.45) is 0 Å². The minimum atomic E-state index is -4.94. The molecule has 0 saturated heterocycles. The number of ketones is 1. The second-order valence-corrected chi connectivity index (χ2v) is 4.97. The number of rotatable bonds is 3. The van der Waals surface area contributed by atoms with Crippen LogP contribution in [0, 0.1) is 17.2 Å². The van der Waals surface area contributed by atoms with Crippen molar-refractivity contribution >= 4 is 5.78 Å². The molecule has 0 aliphatic heterocycles. The number of hydrogen-bond acceptors (Lipinski definition) is 5. The molecule has 0 spiro atoms. The lowest BCUT2D eigenvalue weighted by Crippen LogP contribution is -2.68. The number of aryl methyl sites for hydroxylation is 1. The molecule has 1 heterocycles. The summed E-state index contributed by atoms with van der Waals surface area (Å²) in [7, 11) is -4.94. The summed E-state index contributed by atoms with van der Waals surface area (Å²) in [4.78, 5) is 11.9. The third kappa shape index (κ3) is 8.13. The number of Topliss-reactive ketones (excluding diaryl/α,β-unsaturated/α-hetero) is 1. The molecule has 0 aliphatic rings. The molecule has 1 aromatic heterocycles. The predicted octanol–water partition coefficient (Wildman–Crippen LogP) is -2.59. The zero-order chi connectivity index (χ0) is 15.9. The van der Waals surface area contributed by atoms with Crippen LogP contribution >= 0.6 is 0 Å². The molecule has 0 aliphatic carbocycles. The first-order valence-electron chi connectivity index (χ1n) is 5.91. The van der Waals surface area contributed by atoms with Crippen LogP contribution in [-0.2, 0) is 6.54 Å². The Hall–Kier alpha value is -1.83. The number of halogens is 1. The van der Waals surface area contributed by atoms with E-state index in [2.05, 4.69) is 0 Å². The fraction of sp³-hybridized carbons (Fsp3) is 0.143. The van der Waals surface area contributed by atoms with Gasteiger partial charge in [0.25, 0.3) is 0 Å². The van der Waals surface area contributed by atoms with Gasteiger partial charge in [-0.15, -0.1) is 10.2 Å². The van der Waals surface area contributed by atoms with Crippen molar-refractivity contribution in [1.29, 1.82) is 0 Å². The Kier molecular flexibility index (Phi) is 6.41. The molecular formula is C14H14ClNO5. The molecule has 21 heavy (non-hydrogen) atoms. The molecule has 0 fully saturated rings. The second-order valence-electron chi connectivity index (χ2n) is 4.21. The van der Waals surface area contributed by atoms with Crippen LogP contribution < -0.4 is 23.2 Å². The first-order valence-corrected chi connectivity index (χ1v) is 7.15. The Morgan fingerprint density at radius 3 is 1.95 bits per heavy atom. The van der Waals surface area contributed by atoms with Gasteiger partial charge in [-0.2, -0.15) is 4.57 Å². The minimum absolute atomic E-state index is 0.134. The van der Waals surface area contributed by atoms with Crippen LogP contribution in [0.4, 0.5) is 0 Å². The van der Waals surface area contributed by atoms with Crippen molar-refractivity contribution in [1.82, 2.24) is 0 Å². The van der Waals surface area contributed by atoms with Gasteiger partial charge < -0.3 is 0 Å². The van der Waals surface area contributed by atoms with E-state index in [9.17, 15) is 4.79 Å². The van der Waals surface area contributed by atoms with Crippen molar-refractivity contribution < 1.29 is 38.2 Å². The molecule has 1 aromatic carbocycles. The van der Waals surface area contributed by atoms with Crippen molar-refractivity contribution in [2.45, 2.75) is 13.5 Å². The summed E-state index contributed by atoms with van der Waals surface area (Å²) in [5.41, 5.74) is 1.96. The van der Waals surface area contributed by atoms with E-state index in [1.807, 2.05) is 66.3 Å². The smallest absolute Gasteiger partial charge is 0.227 e. The lowest BCUT2D eigenvalue weighted by Gasteiger charge is -2.17. The molecule has 0 unspecified atom stereocenters. The molecule has 7 heteroatoms. The van der Waals surface area contributed by atoms with Crippen molar-refractivity contribution in [3.05, 3.63) is 66.0 Å². The summed E-state index contributed by atoms with van der Waals surface area (Å²) in [5, 5.41) is 0. The Bertz CT molecular complexity index is 560. The van der Waals surface area contributed by atoms with Crippen LogP contribution in [0.15, 0.2) is 54.9 Å². The highest BCUT2D eigenvalue weighted by Gasteiger charge is 2.10. The molecule has 0 amide bonds. The lowest BCUT2D eigenvalue weighted by atomic mass is 10.1. The molecule has 6 nitrogen and oxygen atoms in total. The van der Waals surface area contributed by atoms with Crippen molar-refractivity contribution in [3.8, 4) is 0 Å². The van der Waals surface area contributed by atoms with Crippen LogP contribution in [-0.4, -0.2) is 5.78 Å². The molecule has 0 saturated carbocycles. The standard InChI is InChI=1S/C14H14NO.ClHO4/c1-12-7-9-15(10-8-12)11-14(16)13-5-3-2-4-6-13;2-1(3,4)5/h2-10H,11H2,1H3;(H,2,3,4,5)/q+1;/p-1. The maximum atomic E-state index is 11.9. The maximum absolute atomic E-state index is 11.9. The minimum Gasteiger partial charge on any atom is -0.287 e. The van der Waals surface area contributed by atoms with Gasteiger partial charge in [0, 0.05) is 17.7 Å². The van der Waals surface area contributed by atoms with E-state index in [-0.39, 0.29) is 5.78 Å². The van der Waals surface area contributed by atoms with Crippen molar-refractivity contribution in [2.75, 3.05) is 0 Å². The number of benzene rings is 1. The fourth-order valence-electron chi connectivity index (χ4n) is 1.52. The van der Waals surface area contributed by atoms with E-state index in [0.717, 1.165) is 5.56 Å². The second kappa shape index (κ2) is 7.82. The SMILES string of the molecule is Cc1cc[n+](CC(=O)c2ccccc2)cc1.[O-][Cl+3]([O-])([O-])[O-]. The molecular weight excluding hydrogens is 298 g/mol. The number of carbonyl (C=O) groups excluding carboxylic acids is 1. The highest BCUT2D eigenvalue weighted by molar-refractivity contribution is 5.94. The van der Waals surface area contributed by atoms with Crippen LogP contribution in [0.3, 0.4) is 0 Å². The fourth-order valence-corrected chi connectivity index (χ4v) is 1.52. The third-order valence-electron chi connectivity index (χ3n) is 2.48. The molecule has 0 bridgehead atoms. The molecule has 112 valence electrons. The molecule has 0 N–H and O–H groups in total. The Labute approximate surface area is 124 Å². The largest absolute Gasteiger partial charge is 0.287 e. The van der Waals surface area contributed by atoms with Crippen LogP contribution in [0.2, 0.25) is 0 Å². The molecule has 0 radical (unpaired) electrons. The zero-order valence-electron chi connectivity index (χ0n) is 11.3. The summed E-state index contributed by atoms with van der Waals surface area (Å²) >= 11 is 0. The van der Waals surface area contributed by atoms with Crippen molar-refractivity contribution in [3.63, 3.8) is 0 Å². The topological polar surface area (TPSA) is 113 Å². The van der Waals surface area contributed by atoms with Gasteiger partial charge >= 0.3 is 0 Å². The maximum Gasteiger partial charge on any atom is 0.227 e. The molecule has 2 rings (SSSR count). The highest BCUT2D eigenvalue weighted by atomic mass is 35.7. The number of pyridine rings is 1. The van der Waals surface area contributed by atoms with Crippen LogP contribution in [0.5, 0.6) is 0 Å². The third-order valence-corrected chi connectivity index (χ3v) is 2.48. The Morgan fingerprint density at radius 1 is 1.00 bits per heavy atom. The normalized spacial score (nSPS) is 10.5. The summed E-state index contributed by atoms with van der Waals surface area (Å²) in [6.07, 6.45) is 3.85. The summed E-state index contributed by atoms with van der Waals surface area (Å²) in [6, 6.07) is 13.4. The van der Waals surface area contributed by atoms with E-state index < -0.39 is 10.2 Å². The van der Waals surface area contributed by atoms with E-state index in [1.165, 1.54) is 5.56 Å². The van der Waals surface area contributed by atoms with Gasteiger partial charge in [-0.1, -0.05) is 30.3 Å². The summed E-state index contributed by atoms with van der Waals surface area (Å²) in [6.45, 7) is 2.42. The van der Waals surface area contributed by atoms with Gasteiger partial charge in [0.15, 0.2) is 12.4 Å². The molecule has 0 atom stereocenters. The first-order chi connectivity index (χ1) is 9.75. The van der Waals surface area contributed by atoms with Gasteiger partial charge in [0.2, 0.25) is 12.3 Å². The summed E-state index contributed by atoms with van der Waals surface area (Å²) < 4.78 is 35.9. The van der Waals surface area contributed by atoms with Gasteiger partial charge in [-0.3, -0.25) is 4.79 Å².